The zero-order valence-corrected chi connectivity index (χ0v) is 11.0. The molecule has 0 fully saturated rings. The van der Waals surface area contributed by atoms with Crippen molar-refractivity contribution >= 4 is 11.8 Å². The average Bonchev–Trinajstić information content (AvgIpc) is 2.37. The molecule has 0 aliphatic carbocycles. The van der Waals surface area contributed by atoms with Gasteiger partial charge >= 0.3 is 5.97 Å². The van der Waals surface area contributed by atoms with E-state index < -0.39 is 11.8 Å². The number of hydrogen-bond acceptors (Lipinski definition) is 4. The molecule has 98 valence electrons. The Labute approximate surface area is 107 Å². The van der Waals surface area contributed by atoms with Crippen molar-refractivity contribution in [3.63, 3.8) is 0 Å². The summed E-state index contributed by atoms with van der Waals surface area (Å²) in [5.41, 5.74) is 1.23. The van der Waals surface area contributed by atoms with Gasteiger partial charge in [-0.15, -0.1) is 0 Å². The molecule has 0 atom stereocenters. The molecule has 0 aliphatic rings. The van der Waals surface area contributed by atoms with E-state index in [-0.39, 0.29) is 6.61 Å². The van der Waals surface area contributed by atoms with E-state index in [4.69, 9.17) is 4.74 Å². The van der Waals surface area contributed by atoms with E-state index in [9.17, 15) is 9.59 Å². The molecule has 1 aromatic carbocycles. The van der Waals surface area contributed by atoms with Gasteiger partial charge in [-0.3, -0.25) is 4.79 Å². The van der Waals surface area contributed by atoms with Crippen LogP contribution < -0.4 is 4.74 Å². The summed E-state index contributed by atoms with van der Waals surface area (Å²) in [4.78, 5) is 23.1. The highest BCUT2D eigenvalue weighted by Gasteiger charge is 2.18. The summed E-state index contributed by atoms with van der Waals surface area (Å²) in [5.74, 6) is -0.840. The minimum Gasteiger partial charge on any atom is -0.493 e. The first kappa shape index (κ1) is 14.2. The van der Waals surface area contributed by atoms with Crippen molar-refractivity contribution in [1.82, 2.24) is 0 Å². The van der Waals surface area contributed by atoms with Gasteiger partial charge < -0.3 is 9.47 Å². The van der Waals surface area contributed by atoms with Gasteiger partial charge in [-0.05, 0) is 31.9 Å². The highest BCUT2D eigenvalue weighted by molar-refractivity contribution is 6.40. The summed E-state index contributed by atoms with van der Waals surface area (Å²) in [6, 6.07) is 4.95. The van der Waals surface area contributed by atoms with Crippen LogP contribution in [-0.2, 0) is 9.53 Å². The molecule has 4 nitrogen and oxygen atoms in total. The lowest BCUT2D eigenvalue weighted by Crippen LogP contribution is -2.17. The largest absolute Gasteiger partial charge is 0.493 e. The van der Waals surface area contributed by atoms with Gasteiger partial charge in [0.1, 0.15) is 5.75 Å². The molecular formula is C14H18O4. The van der Waals surface area contributed by atoms with Crippen molar-refractivity contribution in [2.24, 2.45) is 0 Å². The fourth-order valence-corrected chi connectivity index (χ4v) is 1.42. The molecule has 0 heterocycles. The monoisotopic (exact) mass is 250 g/mol. The second-order valence-electron chi connectivity index (χ2n) is 3.88. The first-order valence-corrected chi connectivity index (χ1v) is 6.05. The minimum absolute atomic E-state index is 0.190. The Bertz CT molecular complexity index is 437. The van der Waals surface area contributed by atoms with Crippen molar-refractivity contribution in [1.29, 1.82) is 0 Å². The Morgan fingerprint density at radius 3 is 2.56 bits per heavy atom. The number of rotatable bonds is 6. The first-order chi connectivity index (χ1) is 8.60. The van der Waals surface area contributed by atoms with E-state index in [2.05, 4.69) is 4.74 Å². The van der Waals surface area contributed by atoms with Gasteiger partial charge in [0, 0.05) is 5.56 Å². The maximum Gasteiger partial charge on any atom is 0.379 e. The Morgan fingerprint density at radius 2 is 1.94 bits per heavy atom. The number of hydrogen-bond donors (Lipinski definition) is 0. The van der Waals surface area contributed by atoms with E-state index in [0.29, 0.717) is 17.9 Å². The summed E-state index contributed by atoms with van der Waals surface area (Å²) in [7, 11) is 0. The predicted octanol–water partition coefficient (Wildman–Crippen LogP) is 2.53. The van der Waals surface area contributed by atoms with Gasteiger partial charge in [-0.2, -0.15) is 0 Å². The van der Waals surface area contributed by atoms with E-state index in [0.717, 1.165) is 12.0 Å². The summed E-state index contributed by atoms with van der Waals surface area (Å²) >= 11 is 0. The first-order valence-electron chi connectivity index (χ1n) is 6.05. The van der Waals surface area contributed by atoms with Crippen LogP contribution in [0.4, 0.5) is 0 Å². The molecule has 0 bridgehead atoms. The number of carbonyl (C=O) groups excluding carboxylic acids is 2. The molecule has 4 heteroatoms. The Morgan fingerprint density at radius 1 is 1.22 bits per heavy atom. The summed E-state index contributed by atoms with van der Waals surface area (Å²) < 4.78 is 10.2. The van der Waals surface area contributed by atoms with Crippen LogP contribution in [0.1, 0.15) is 36.2 Å². The van der Waals surface area contributed by atoms with Crippen molar-refractivity contribution < 1.29 is 19.1 Å². The van der Waals surface area contributed by atoms with Crippen molar-refractivity contribution in [2.75, 3.05) is 13.2 Å². The summed E-state index contributed by atoms with van der Waals surface area (Å²) in [5, 5.41) is 0. The van der Waals surface area contributed by atoms with Gasteiger partial charge in [0.05, 0.1) is 13.2 Å². The van der Waals surface area contributed by atoms with Crippen LogP contribution in [0.5, 0.6) is 5.75 Å². The van der Waals surface area contributed by atoms with Crippen LogP contribution in [0, 0.1) is 6.92 Å². The number of ketones is 1. The normalized spacial score (nSPS) is 9.94. The fourth-order valence-electron chi connectivity index (χ4n) is 1.42. The van der Waals surface area contributed by atoms with Gasteiger partial charge in [0.15, 0.2) is 0 Å². The molecule has 0 N–H and O–H groups in total. The highest BCUT2D eigenvalue weighted by atomic mass is 16.5. The number of benzene rings is 1. The van der Waals surface area contributed by atoms with E-state index in [1.165, 1.54) is 0 Å². The minimum atomic E-state index is -0.831. The van der Waals surface area contributed by atoms with Gasteiger partial charge in [-0.25, -0.2) is 4.79 Å². The molecule has 0 unspecified atom stereocenters. The molecule has 0 saturated heterocycles. The number of aryl methyl sites for hydroxylation is 1. The standard InChI is InChI=1S/C14H18O4/c1-4-8-18-12-9-11(7-6-10(12)3)13(15)14(16)17-5-2/h6-7,9H,4-5,8H2,1-3H3. The maximum atomic E-state index is 11.7. The molecule has 0 spiro atoms. The Hall–Kier alpha value is -1.84. The number of esters is 1. The van der Waals surface area contributed by atoms with Crippen molar-refractivity contribution in [2.45, 2.75) is 27.2 Å². The van der Waals surface area contributed by atoms with Crippen LogP contribution in [-0.4, -0.2) is 25.0 Å². The van der Waals surface area contributed by atoms with Crippen LogP contribution in [0.25, 0.3) is 0 Å². The van der Waals surface area contributed by atoms with E-state index in [1.54, 1.807) is 25.1 Å². The van der Waals surface area contributed by atoms with Crippen LogP contribution >= 0.6 is 0 Å². The quantitative estimate of drug-likeness (QED) is 0.442. The molecular weight excluding hydrogens is 232 g/mol. The third kappa shape index (κ3) is 3.58. The van der Waals surface area contributed by atoms with E-state index >= 15 is 0 Å². The number of carbonyl (C=O) groups is 2. The molecule has 1 rings (SSSR count). The third-order valence-corrected chi connectivity index (χ3v) is 2.37. The molecule has 18 heavy (non-hydrogen) atoms. The van der Waals surface area contributed by atoms with Crippen LogP contribution in [0.3, 0.4) is 0 Å². The lowest BCUT2D eigenvalue weighted by Gasteiger charge is -2.09. The molecule has 0 amide bonds. The summed E-state index contributed by atoms with van der Waals surface area (Å²) in [6.07, 6.45) is 0.884. The summed E-state index contributed by atoms with van der Waals surface area (Å²) in [6.45, 7) is 6.33. The Balaban J connectivity index is 2.90. The molecule has 1 aromatic rings. The van der Waals surface area contributed by atoms with Gasteiger partial charge in [0.2, 0.25) is 0 Å². The van der Waals surface area contributed by atoms with Crippen LogP contribution in [0.15, 0.2) is 18.2 Å². The molecule has 0 aliphatic heterocycles. The molecule has 0 aromatic heterocycles. The van der Waals surface area contributed by atoms with Crippen molar-refractivity contribution in [3.05, 3.63) is 29.3 Å². The third-order valence-electron chi connectivity index (χ3n) is 2.37. The zero-order chi connectivity index (χ0) is 13.5. The maximum absolute atomic E-state index is 11.7. The molecule has 0 radical (unpaired) electrons. The van der Waals surface area contributed by atoms with Crippen molar-refractivity contribution in [3.8, 4) is 5.75 Å². The second-order valence-corrected chi connectivity index (χ2v) is 3.88. The fraction of sp³-hybridized carbons (Fsp3) is 0.429. The molecule has 0 saturated carbocycles. The lowest BCUT2D eigenvalue weighted by molar-refractivity contribution is -0.137. The predicted molar refractivity (Wildman–Crippen MR) is 67.9 cm³/mol. The zero-order valence-electron chi connectivity index (χ0n) is 11.0. The highest BCUT2D eigenvalue weighted by Crippen LogP contribution is 2.20. The van der Waals surface area contributed by atoms with Crippen LogP contribution in [0.2, 0.25) is 0 Å². The van der Waals surface area contributed by atoms with Gasteiger partial charge in [-0.1, -0.05) is 19.1 Å². The van der Waals surface area contributed by atoms with Gasteiger partial charge in [0.25, 0.3) is 5.78 Å². The Kier molecular flexibility index (Phi) is 5.36. The lowest BCUT2D eigenvalue weighted by atomic mass is 10.1. The number of Topliss-reactive ketones (excluding diaryl/α,β-unsaturated/α-hetero) is 1. The second kappa shape index (κ2) is 6.79. The SMILES string of the molecule is CCCOc1cc(C(=O)C(=O)OCC)ccc1C. The average molecular weight is 250 g/mol. The number of ether oxygens (including phenoxy) is 2. The topological polar surface area (TPSA) is 52.6 Å². The smallest absolute Gasteiger partial charge is 0.379 e. The van der Waals surface area contributed by atoms with E-state index in [1.807, 2.05) is 13.8 Å².